The maximum absolute atomic E-state index is 13.6. The molecule has 1 unspecified atom stereocenters. The summed E-state index contributed by atoms with van der Waals surface area (Å²) < 4.78 is 13.6. The van der Waals surface area contributed by atoms with E-state index in [1.54, 1.807) is 30.2 Å². The highest BCUT2D eigenvalue weighted by Crippen LogP contribution is 2.32. The van der Waals surface area contributed by atoms with E-state index in [0.717, 1.165) is 16.8 Å². The molecule has 0 saturated carbocycles. The molecule has 1 aliphatic heterocycles. The van der Waals surface area contributed by atoms with Gasteiger partial charge in [0.2, 0.25) is 17.7 Å². The van der Waals surface area contributed by atoms with Crippen LogP contribution in [0.25, 0.3) is 11.1 Å². The molecule has 0 radical (unpaired) electrons. The molecule has 3 aromatic rings. The van der Waals surface area contributed by atoms with E-state index in [0.29, 0.717) is 11.3 Å². The summed E-state index contributed by atoms with van der Waals surface area (Å²) in [6.07, 6.45) is 1.73. The normalized spacial score (nSPS) is 16.6. The van der Waals surface area contributed by atoms with E-state index in [9.17, 15) is 14.4 Å². The van der Waals surface area contributed by atoms with Gasteiger partial charge in [-0.3, -0.25) is 14.7 Å². The molecule has 2 aromatic heterocycles. The van der Waals surface area contributed by atoms with Gasteiger partial charge in [-0.15, -0.1) is 0 Å². The molecule has 174 valence electrons. The zero-order valence-corrected chi connectivity index (χ0v) is 20.1. The smallest absolute Gasteiger partial charge is 0.288 e. The van der Waals surface area contributed by atoms with Gasteiger partial charge in [0.25, 0.3) is 5.24 Å². The first-order chi connectivity index (χ1) is 16.3. The Morgan fingerprint density at radius 2 is 1.94 bits per heavy atom. The highest BCUT2D eigenvalue weighted by Gasteiger charge is 2.37. The fraction of sp³-hybridized carbons (Fsp3) is 0.333. The molecule has 4 rings (SSSR count). The van der Waals surface area contributed by atoms with Crippen LogP contribution in [0.3, 0.4) is 0 Å². The number of aryl methyl sites for hydroxylation is 1. The maximum atomic E-state index is 13.6. The van der Waals surface area contributed by atoms with E-state index < -0.39 is 0 Å². The lowest BCUT2D eigenvalue weighted by Gasteiger charge is -2.25. The van der Waals surface area contributed by atoms with Crippen LogP contribution in [0.5, 0.6) is 0 Å². The van der Waals surface area contributed by atoms with Crippen molar-refractivity contribution < 1.29 is 9.18 Å². The number of thioether (sulfide) groups is 1. The van der Waals surface area contributed by atoms with Gasteiger partial charge in [0, 0.05) is 17.5 Å². The molecular weight excluding hydrogens is 453 g/mol. The summed E-state index contributed by atoms with van der Waals surface area (Å²) in [4.78, 5) is 31.4. The van der Waals surface area contributed by atoms with Gasteiger partial charge in [-0.1, -0.05) is 37.7 Å². The lowest BCUT2D eigenvalue weighted by atomic mass is 10.0. The summed E-state index contributed by atoms with van der Waals surface area (Å²) in [6, 6.07) is 10.3. The topological polar surface area (TPSA) is 108 Å². The number of benzene rings is 1. The number of nitrogens with one attached hydrogen (secondary N) is 1. The molecule has 3 heterocycles. The molecule has 8 nitrogen and oxygen atoms in total. The van der Waals surface area contributed by atoms with Crippen LogP contribution in [0.1, 0.15) is 43.9 Å². The van der Waals surface area contributed by atoms with Crippen LogP contribution in [0.4, 0.5) is 21.1 Å². The number of carbonyl (C=O) groups is 1. The highest BCUT2D eigenvalue weighted by atomic mass is 32.2. The lowest BCUT2D eigenvalue weighted by molar-refractivity contribution is 0.263. The minimum atomic E-state index is -0.282. The van der Waals surface area contributed by atoms with Crippen LogP contribution in [0.2, 0.25) is 0 Å². The number of carbonyl (C=O) groups excluding carboxylic acids is 1. The second-order valence-electron chi connectivity index (χ2n) is 8.45. The van der Waals surface area contributed by atoms with Gasteiger partial charge in [0.1, 0.15) is 11.9 Å². The first-order valence-electron chi connectivity index (χ1n) is 10.9. The van der Waals surface area contributed by atoms with Gasteiger partial charge < -0.3 is 5.32 Å². The molecule has 1 aliphatic rings. The molecule has 0 aliphatic carbocycles. The third-order valence-electron chi connectivity index (χ3n) is 5.68. The Morgan fingerprint density at radius 1 is 1.18 bits per heavy atom. The number of hydrogen-bond donors (Lipinski definition) is 1. The number of rotatable bonds is 6. The van der Waals surface area contributed by atoms with E-state index in [1.807, 2.05) is 39.0 Å². The third kappa shape index (κ3) is 4.84. The van der Waals surface area contributed by atoms with Crippen LogP contribution in [0.15, 0.2) is 36.5 Å². The van der Waals surface area contributed by atoms with Crippen molar-refractivity contribution in [2.24, 2.45) is 5.92 Å². The van der Waals surface area contributed by atoms with Gasteiger partial charge in [0.15, 0.2) is 0 Å². The van der Waals surface area contributed by atoms with Gasteiger partial charge >= 0.3 is 0 Å². The zero-order valence-electron chi connectivity index (χ0n) is 19.3. The van der Waals surface area contributed by atoms with E-state index in [1.165, 1.54) is 17.8 Å². The predicted molar refractivity (Wildman–Crippen MR) is 130 cm³/mol. The first-order valence-corrected chi connectivity index (χ1v) is 11.9. The minimum Gasteiger partial charge on any atom is -0.346 e. The van der Waals surface area contributed by atoms with Crippen molar-refractivity contribution in [3.63, 3.8) is 0 Å². The number of amides is 1. The maximum Gasteiger partial charge on any atom is 0.288 e. The molecule has 34 heavy (non-hydrogen) atoms. The van der Waals surface area contributed by atoms with Gasteiger partial charge in [-0.2, -0.15) is 20.2 Å². The van der Waals surface area contributed by atoms with Gasteiger partial charge in [-0.05, 0) is 49.1 Å². The summed E-state index contributed by atoms with van der Waals surface area (Å²) in [7, 11) is 0. The molecule has 2 atom stereocenters. The van der Waals surface area contributed by atoms with Gasteiger partial charge in [0.05, 0.1) is 17.8 Å². The lowest BCUT2D eigenvalue weighted by Crippen LogP contribution is -2.38. The Kier molecular flexibility index (Phi) is 6.75. The Hall–Kier alpha value is -3.58. The number of halogens is 1. The molecule has 10 heteroatoms. The summed E-state index contributed by atoms with van der Waals surface area (Å²) in [5.74, 6) is 0.915. The average Bonchev–Trinajstić information content (AvgIpc) is 3.22. The predicted octanol–water partition coefficient (Wildman–Crippen LogP) is 5.12. The number of pyridine rings is 1. The second-order valence-corrected chi connectivity index (χ2v) is 9.43. The van der Waals surface area contributed by atoms with E-state index in [2.05, 4.69) is 25.3 Å². The Balaban J connectivity index is 1.56. The number of nitrogens with zero attached hydrogens (tertiary/aromatic N) is 6. The molecule has 1 aromatic carbocycles. The number of anilines is 2. The molecule has 1 fully saturated rings. The second kappa shape index (κ2) is 9.73. The fourth-order valence-electron chi connectivity index (χ4n) is 3.67. The van der Waals surface area contributed by atoms with Crippen molar-refractivity contribution in [3.05, 3.63) is 59.4 Å². The van der Waals surface area contributed by atoms with Crippen molar-refractivity contribution in [2.75, 3.05) is 16.0 Å². The van der Waals surface area contributed by atoms with Crippen LogP contribution < -0.4 is 10.2 Å². The van der Waals surface area contributed by atoms with E-state index in [4.69, 9.17) is 0 Å². The fourth-order valence-corrected chi connectivity index (χ4v) is 4.87. The van der Waals surface area contributed by atoms with Crippen LogP contribution in [-0.2, 0) is 0 Å². The average molecular weight is 478 g/mol. The van der Waals surface area contributed by atoms with E-state index >= 15 is 0 Å². The summed E-state index contributed by atoms with van der Waals surface area (Å²) in [5.41, 5.74) is 3.06. The summed E-state index contributed by atoms with van der Waals surface area (Å²) in [5, 5.41) is 12.4. The quantitative estimate of drug-likeness (QED) is 0.521. The Morgan fingerprint density at radius 3 is 2.59 bits per heavy atom. The molecule has 1 N–H and O–H groups in total. The monoisotopic (exact) mass is 477 g/mol. The van der Waals surface area contributed by atoms with Crippen molar-refractivity contribution >= 4 is 28.9 Å². The number of nitriles is 1. The van der Waals surface area contributed by atoms with Gasteiger partial charge in [-0.25, -0.2) is 4.39 Å². The molecule has 0 bridgehead atoms. The standard InChI is InChI=1S/C24H24FN7OS/c1-13(2)20-12-34-24(33)32(20)23-30-21(10-26)29-22(31-23)28-15(4)19-8-6-17(11-27-19)16-5-7-18(25)14(3)9-16/h5-9,11,13,15,20H,12H2,1-4H3,(H,28,29,30,31)/t15-,20?/m0/s1. The molecule has 1 saturated heterocycles. The number of hydrogen-bond acceptors (Lipinski definition) is 8. The van der Waals surface area contributed by atoms with Crippen molar-refractivity contribution in [1.29, 1.82) is 5.26 Å². The highest BCUT2D eigenvalue weighted by molar-refractivity contribution is 8.14. The molecular formula is C24H24FN7OS. The molecule has 1 amide bonds. The summed E-state index contributed by atoms with van der Waals surface area (Å²) in [6.45, 7) is 7.69. The van der Waals surface area contributed by atoms with Crippen molar-refractivity contribution in [2.45, 2.75) is 39.8 Å². The largest absolute Gasteiger partial charge is 0.346 e. The zero-order chi connectivity index (χ0) is 24.4. The Bertz CT molecular complexity index is 1260. The SMILES string of the molecule is Cc1cc(-c2ccc([C@H](C)Nc3nc(C#N)nc(N4C(=O)SCC4C(C)C)n3)nc2)ccc1F. The van der Waals surface area contributed by atoms with Crippen LogP contribution in [-0.4, -0.2) is 37.0 Å². The van der Waals surface area contributed by atoms with Crippen molar-refractivity contribution in [3.8, 4) is 17.2 Å². The minimum absolute atomic E-state index is 0.0546. The Labute approximate surface area is 201 Å². The first kappa shape index (κ1) is 23.6. The van der Waals surface area contributed by atoms with E-state index in [-0.39, 0.29) is 46.8 Å². The van der Waals surface area contributed by atoms with Crippen molar-refractivity contribution in [1.82, 2.24) is 19.9 Å². The number of aromatic nitrogens is 4. The van der Waals surface area contributed by atoms with Crippen LogP contribution in [0, 0.1) is 30.0 Å². The summed E-state index contributed by atoms with van der Waals surface area (Å²) >= 11 is 1.22. The molecule has 0 spiro atoms. The van der Waals surface area contributed by atoms with Crippen LogP contribution >= 0.6 is 11.8 Å². The third-order valence-corrected chi connectivity index (χ3v) is 6.63.